The van der Waals surface area contributed by atoms with Gasteiger partial charge in [0.25, 0.3) is 0 Å². The summed E-state index contributed by atoms with van der Waals surface area (Å²) in [5, 5.41) is 1.74. The molecule has 98 valence electrons. The van der Waals surface area contributed by atoms with Gasteiger partial charge in [0.1, 0.15) is 0 Å². The fourth-order valence-electron chi connectivity index (χ4n) is 2.20. The third-order valence-corrected chi connectivity index (χ3v) is 4.85. The van der Waals surface area contributed by atoms with E-state index in [4.69, 9.17) is 16.1 Å². The first-order valence-corrected chi connectivity index (χ1v) is 8.51. The first kappa shape index (κ1) is 13.7. The minimum atomic E-state index is -2.58. The van der Waals surface area contributed by atoms with Crippen molar-refractivity contribution in [3.05, 3.63) is 35.0 Å². The predicted octanol–water partition coefficient (Wildman–Crippen LogP) is 4.28. The second kappa shape index (κ2) is 5.08. The second-order valence-corrected chi connectivity index (χ2v) is 7.56. The number of hydrogen-bond acceptors (Lipinski definition) is 2. The Balaban J connectivity index is 2.45. The zero-order valence-corrected chi connectivity index (χ0v) is 12.5. The molecule has 0 fully saturated rings. The smallest absolute Gasteiger partial charge is 0.204 e. The lowest BCUT2D eigenvalue weighted by Gasteiger charge is -2.11. The van der Waals surface area contributed by atoms with Gasteiger partial charge in [-0.3, -0.25) is 4.57 Å². The van der Waals surface area contributed by atoms with Gasteiger partial charge >= 0.3 is 0 Å². The summed E-state index contributed by atoms with van der Waals surface area (Å²) in [6, 6.07) is 5.75. The van der Waals surface area contributed by atoms with Gasteiger partial charge in [-0.1, -0.05) is 11.6 Å². The number of aromatic nitrogens is 1. The van der Waals surface area contributed by atoms with Crippen molar-refractivity contribution in [3.63, 3.8) is 0 Å². The summed E-state index contributed by atoms with van der Waals surface area (Å²) in [6.07, 6.45) is 2.44. The highest BCUT2D eigenvalue weighted by Crippen LogP contribution is 2.47. The minimum Gasteiger partial charge on any atom is -0.350 e. The molecule has 1 heterocycles. The molecule has 1 unspecified atom stereocenters. The van der Waals surface area contributed by atoms with E-state index >= 15 is 0 Å². The molecule has 1 aromatic heterocycles. The minimum absolute atomic E-state index is 0.443. The van der Waals surface area contributed by atoms with Crippen LogP contribution in [-0.4, -0.2) is 17.8 Å². The van der Waals surface area contributed by atoms with Crippen LogP contribution in [0.2, 0.25) is 5.02 Å². The number of halogens is 1. The van der Waals surface area contributed by atoms with Crippen LogP contribution < -0.4 is 0 Å². The largest absolute Gasteiger partial charge is 0.350 e. The molecule has 0 aliphatic heterocycles. The Morgan fingerprint density at radius 3 is 2.83 bits per heavy atom. The molecule has 0 aliphatic carbocycles. The molecule has 3 nitrogen and oxygen atoms in total. The maximum absolute atomic E-state index is 12.3. The third kappa shape index (κ3) is 2.80. The molecular weight excluding hydrogens is 269 g/mol. The summed E-state index contributed by atoms with van der Waals surface area (Å²) in [6.45, 7) is 4.01. The number of nitrogens with zero attached hydrogens (tertiary/aromatic N) is 1. The van der Waals surface area contributed by atoms with E-state index in [1.807, 2.05) is 42.9 Å². The van der Waals surface area contributed by atoms with Gasteiger partial charge in [0.15, 0.2) is 0 Å². The lowest BCUT2D eigenvalue weighted by atomic mass is 10.2. The van der Waals surface area contributed by atoms with Crippen molar-refractivity contribution in [1.29, 1.82) is 0 Å². The SMILES string of the molecule is CCOP(C)(=O)Cc1cn(C)c2ccc(Cl)cc12. The molecule has 0 saturated carbocycles. The monoisotopic (exact) mass is 285 g/mol. The van der Waals surface area contributed by atoms with Crippen molar-refractivity contribution < 1.29 is 9.09 Å². The van der Waals surface area contributed by atoms with E-state index in [1.165, 1.54) is 0 Å². The number of benzene rings is 1. The van der Waals surface area contributed by atoms with Gasteiger partial charge in [-0.15, -0.1) is 0 Å². The van der Waals surface area contributed by atoms with Crippen molar-refractivity contribution in [1.82, 2.24) is 4.57 Å². The summed E-state index contributed by atoms with van der Waals surface area (Å²) in [7, 11) is -0.604. The van der Waals surface area contributed by atoms with Crippen LogP contribution >= 0.6 is 19.0 Å². The Labute approximate surface area is 112 Å². The zero-order valence-electron chi connectivity index (χ0n) is 10.8. The van der Waals surface area contributed by atoms with E-state index in [0.29, 0.717) is 17.8 Å². The number of aryl methyl sites for hydroxylation is 1. The first-order valence-electron chi connectivity index (χ1n) is 5.87. The molecule has 0 saturated heterocycles. The van der Waals surface area contributed by atoms with E-state index < -0.39 is 7.37 Å². The molecule has 5 heteroatoms. The number of fused-ring (bicyclic) bond motifs is 1. The highest BCUT2D eigenvalue weighted by molar-refractivity contribution is 7.57. The van der Waals surface area contributed by atoms with Crippen molar-refractivity contribution >= 4 is 29.9 Å². The zero-order chi connectivity index (χ0) is 13.3. The number of hydrogen-bond donors (Lipinski definition) is 0. The summed E-state index contributed by atoms with van der Waals surface area (Å²) in [5.74, 6) is 0. The van der Waals surface area contributed by atoms with Crippen molar-refractivity contribution in [3.8, 4) is 0 Å². The van der Waals surface area contributed by atoms with Crippen LogP contribution in [-0.2, 0) is 22.3 Å². The third-order valence-electron chi connectivity index (χ3n) is 2.89. The van der Waals surface area contributed by atoms with Gasteiger partial charge in [-0.25, -0.2) is 0 Å². The molecule has 2 aromatic rings. The van der Waals surface area contributed by atoms with Gasteiger partial charge < -0.3 is 9.09 Å². The van der Waals surface area contributed by atoms with Crippen LogP contribution in [0.3, 0.4) is 0 Å². The Morgan fingerprint density at radius 2 is 2.17 bits per heavy atom. The number of rotatable bonds is 4. The maximum Gasteiger partial charge on any atom is 0.204 e. The topological polar surface area (TPSA) is 31.2 Å². The van der Waals surface area contributed by atoms with Crippen LogP contribution in [0.1, 0.15) is 12.5 Å². The highest BCUT2D eigenvalue weighted by atomic mass is 35.5. The average molecular weight is 286 g/mol. The first-order chi connectivity index (χ1) is 8.43. The van der Waals surface area contributed by atoms with Gasteiger partial charge in [0.05, 0.1) is 12.8 Å². The molecule has 0 aliphatic rings. The summed E-state index contributed by atoms with van der Waals surface area (Å²) < 4.78 is 19.6. The van der Waals surface area contributed by atoms with E-state index in [9.17, 15) is 4.57 Å². The van der Waals surface area contributed by atoms with Gasteiger partial charge in [-0.2, -0.15) is 0 Å². The normalized spacial score (nSPS) is 14.9. The average Bonchev–Trinajstić information content (AvgIpc) is 2.54. The van der Waals surface area contributed by atoms with E-state index in [2.05, 4.69) is 0 Å². The van der Waals surface area contributed by atoms with Crippen LogP contribution in [0.4, 0.5) is 0 Å². The molecule has 1 aromatic carbocycles. The molecular formula is C13H17ClNO2P. The summed E-state index contributed by atoms with van der Waals surface area (Å²) in [4.78, 5) is 0. The van der Waals surface area contributed by atoms with E-state index in [-0.39, 0.29) is 0 Å². The van der Waals surface area contributed by atoms with Crippen molar-refractivity contribution in [2.24, 2.45) is 7.05 Å². The fourth-order valence-corrected chi connectivity index (χ4v) is 3.88. The second-order valence-electron chi connectivity index (χ2n) is 4.52. The molecule has 0 bridgehead atoms. The van der Waals surface area contributed by atoms with Crippen molar-refractivity contribution in [2.45, 2.75) is 13.1 Å². The van der Waals surface area contributed by atoms with Crippen LogP contribution in [0.15, 0.2) is 24.4 Å². The highest BCUT2D eigenvalue weighted by Gasteiger charge is 2.19. The Hall–Kier alpha value is -0.760. The Bertz CT molecular complexity index is 621. The Kier molecular flexibility index (Phi) is 3.86. The molecule has 2 rings (SSSR count). The lowest BCUT2D eigenvalue weighted by molar-refractivity contribution is 0.336. The molecule has 0 amide bonds. The molecule has 18 heavy (non-hydrogen) atoms. The molecule has 0 radical (unpaired) electrons. The van der Waals surface area contributed by atoms with Gasteiger partial charge in [0.2, 0.25) is 7.37 Å². The van der Waals surface area contributed by atoms with Crippen LogP contribution in [0, 0.1) is 0 Å². The van der Waals surface area contributed by atoms with Crippen molar-refractivity contribution in [2.75, 3.05) is 13.3 Å². The van der Waals surface area contributed by atoms with E-state index in [0.717, 1.165) is 16.5 Å². The Morgan fingerprint density at radius 1 is 1.44 bits per heavy atom. The lowest BCUT2D eigenvalue weighted by Crippen LogP contribution is -1.92. The van der Waals surface area contributed by atoms with Gasteiger partial charge in [0, 0.05) is 35.8 Å². The molecule has 0 spiro atoms. The van der Waals surface area contributed by atoms with Crippen LogP contribution in [0.5, 0.6) is 0 Å². The summed E-state index contributed by atoms with van der Waals surface area (Å²) in [5.41, 5.74) is 2.11. The van der Waals surface area contributed by atoms with Gasteiger partial charge in [-0.05, 0) is 30.7 Å². The summed E-state index contributed by atoms with van der Waals surface area (Å²) >= 11 is 6.02. The standard InChI is InChI=1S/C13H17ClNO2P/c1-4-17-18(3,16)9-10-8-15(2)13-6-5-11(14)7-12(10)13/h5-8H,4,9H2,1-3H3. The molecule has 1 atom stereocenters. The molecule has 0 N–H and O–H groups in total. The quantitative estimate of drug-likeness (QED) is 0.785. The van der Waals surface area contributed by atoms with Crippen LogP contribution in [0.25, 0.3) is 10.9 Å². The van der Waals surface area contributed by atoms with E-state index in [1.54, 1.807) is 6.66 Å². The fraction of sp³-hybridized carbons (Fsp3) is 0.385. The predicted molar refractivity (Wildman–Crippen MR) is 76.8 cm³/mol. The maximum atomic E-state index is 12.3.